The Kier molecular flexibility index (Phi) is 23.3. The summed E-state index contributed by atoms with van der Waals surface area (Å²) in [6.07, 6.45) is 4.84. The Bertz CT molecular complexity index is 2190. The van der Waals surface area contributed by atoms with Crippen LogP contribution in [-0.4, -0.2) is 102 Å². The van der Waals surface area contributed by atoms with Crippen LogP contribution in [0.25, 0.3) is 0 Å². The molecule has 20 heteroatoms. The molecule has 16 nitrogen and oxygen atoms in total. The average molecular weight is 1000 g/mol. The molecule has 2 fully saturated rings. The number of rotatable bonds is 13. The van der Waals surface area contributed by atoms with Crippen molar-refractivity contribution in [3.8, 4) is 40.2 Å². The van der Waals surface area contributed by atoms with E-state index >= 15 is 0 Å². The topological polar surface area (TPSA) is 192 Å². The summed E-state index contributed by atoms with van der Waals surface area (Å²) in [5.41, 5.74) is 2.94. The molecule has 0 atom stereocenters. The summed E-state index contributed by atoms with van der Waals surface area (Å²) in [6, 6.07) is 19.7. The highest BCUT2D eigenvalue weighted by atomic mass is 35.5. The van der Waals surface area contributed by atoms with Crippen molar-refractivity contribution in [1.82, 2.24) is 15.0 Å². The van der Waals surface area contributed by atoms with Gasteiger partial charge in [-0.15, -0.1) is 24.0 Å². The SMILES string of the molecule is C.CC1(C)OB(c2ccc(O)cc2)OC1(C)C.COc1ccnc(CCl)c1OC.COc1ccnc(CO)c1OC.COc1ccnc(COc2ccc(B3OC(C)(C)C(C)(C)O3)cc2)c1CO.Cl. The van der Waals surface area contributed by atoms with Gasteiger partial charge in [-0.2, -0.15) is 0 Å². The molecule has 5 aromatic rings. The van der Waals surface area contributed by atoms with Gasteiger partial charge in [-0.25, -0.2) is 0 Å². The van der Waals surface area contributed by atoms with Gasteiger partial charge >= 0.3 is 14.2 Å². The number of nitrogens with zero attached hydrogens (tertiary/aromatic N) is 3. The molecule has 0 bridgehead atoms. The smallest absolute Gasteiger partial charge is 0.494 e. The number of alkyl halides is 1. The lowest BCUT2D eigenvalue weighted by molar-refractivity contribution is 0.00578. The zero-order valence-corrected chi connectivity index (χ0v) is 42.7. The van der Waals surface area contributed by atoms with E-state index in [4.69, 9.17) is 63.7 Å². The molecule has 7 rings (SSSR count). The summed E-state index contributed by atoms with van der Waals surface area (Å²) < 4.78 is 55.1. The number of pyridine rings is 3. The lowest BCUT2D eigenvalue weighted by atomic mass is 9.79. The molecule has 69 heavy (non-hydrogen) atoms. The van der Waals surface area contributed by atoms with Gasteiger partial charge in [0.05, 0.1) is 82.7 Å². The fourth-order valence-corrected chi connectivity index (χ4v) is 6.56. The van der Waals surface area contributed by atoms with Crippen LogP contribution in [0.4, 0.5) is 0 Å². The molecule has 0 spiro atoms. The quantitative estimate of drug-likeness (QED) is 0.0770. The maximum Gasteiger partial charge on any atom is 0.494 e. The Morgan fingerprint density at radius 2 is 0.899 bits per heavy atom. The van der Waals surface area contributed by atoms with Gasteiger partial charge < -0.3 is 62.4 Å². The Hall–Kier alpha value is -5.04. The minimum atomic E-state index is -0.398. The van der Waals surface area contributed by atoms with Gasteiger partial charge in [-0.1, -0.05) is 31.7 Å². The van der Waals surface area contributed by atoms with Crippen LogP contribution in [0.15, 0.2) is 85.3 Å². The van der Waals surface area contributed by atoms with Crippen molar-refractivity contribution in [2.75, 3.05) is 35.5 Å². The van der Waals surface area contributed by atoms with Gasteiger partial charge in [0.2, 0.25) is 0 Å². The van der Waals surface area contributed by atoms with Crippen LogP contribution < -0.4 is 39.3 Å². The molecule has 3 N–H and O–H groups in total. The summed E-state index contributed by atoms with van der Waals surface area (Å²) >= 11 is 5.64. The monoisotopic (exact) mass is 999 g/mol. The van der Waals surface area contributed by atoms with Crippen molar-refractivity contribution in [3.63, 3.8) is 0 Å². The predicted octanol–water partition coefficient (Wildman–Crippen LogP) is 7.64. The molecule has 2 aliphatic rings. The summed E-state index contributed by atoms with van der Waals surface area (Å²) in [7, 11) is 7.01. The van der Waals surface area contributed by atoms with Gasteiger partial charge in [0, 0.05) is 36.3 Å². The molecule has 0 radical (unpaired) electrons. The standard InChI is InChI=1S/C20H26BNO5.C12H17BO3.C8H10ClNO2.C8H11NO3.CH4.ClH/c1-19(2)20(3,4)27-21(26-19)14-6-8-15(9-7-14)25-13-17-16(12-23)18(24-5)10-11-22-17;1-11(2)12(3,4)16-13(15-11)9-5-7-10(14)8-6-9;1-11-7-3-4-10-6(5-9)8(7)12-2;1-11-7-3-4-9-6(5-10)8(7)12-2;;/h6-11,23H,12-13H2,1-5H3;5-8,14H,1-4H3;3-4H,5H2,1-2H3;3-4,10H,5H2,1-2H3;1H4;1H. The first kappa shape index (κ1) is 60.1. The highest BCUT2D eigenvalue weighted by Gasteiger charge is 2.52. The number of ether oxygens (including phenoxy) is 6. The van der Waals surface area contributed by atoms with E-state index in [1.54, 1.807) is 77.4 Å². The van der Waals surface area contributed by atoms with Crippen molar-refractivity contribution >= 4 is 49.2 Å². The van der Waals surface area contributed by atoms with Gasteiger partial charge in [-0.05, 0) is 96.6 Å². The lowest BCUT2D eigenvalue weighted by Gasteiger charge is -2.32. The van der Waals surface area contributed by atoms with E-state index in [0.29, 0.717) is 63.0 Å². The van der Waals surface area contributed by atoms with Crippen LogP contribution in [0.2, 0.25) is 0 Å². The minimum Gasteiger partial charge on any atom is -0.508 e. The summed E-state index contributed by atoms with van der Waals surface area (Å²) in [6.45, 7) is 16.1. The number of hydrogen-bond acceptors (Lipinski definition) is 16. The normalized spacial score (nSPS) is 15.5. The average Bonchev–Trinajstić information content (AvgIpc) is 3.69. The highest BCUT2D eigenvalue weighted by Crippen LogP contribution is 2.38. The van der Waals surface area contributed by atoms with E-state index in [-0.39, 0.29) is 74.9 Å². The minimum absolute atomic E-state index is 0. The molecular weight excluding hydrogens is 931 g/mol. The number of phenols is 1. The van der Waals surface area contributed by atoms with Gasteiger partial charge in [0.1, 0.15) is 35.2 Å². The van der Waals surface area contributed by atoms with Crippen LogP contribution in [0.1, 0.15) is 85.5 Å². The maximum absolute atomic E-state index is 9.57. The second kappa shape index (κ2) is 26.8. The van der Waals surface area contributed by atoms with Gasteiger partial charge in [0.25, 0.3) is 0 Å². The molecule has 3 aromatic heterocycles. The summed E-state index contributed by atoms with van der Waals surface area (Å²) in [4.78, 5) is 12.2. The van der Waals surface area contributed by atoms with E-state index in [1.807, 2.05) is 91.8 Å². The lowest BCUT2D eigenvalue weighted by Crippen LogP contribution is -2.41. The van der Waals surface area contributed by atoms with Crippen molar-refractivity contribution < 1.29 is 62.4 Å². The Morgan fingerprint density at radius 1 is 0.522 bits per heavy atom. The molecule has 378 valence electrons. The summed E-state index contributed by atoms with van der Waals surface area (Å²) in [5.74, 6) is 4.20. The fraction of sp³-hybridized carbons (Fsp3) is 0.449. The van der Waals surface area contributed by atoms with Gasteiger partial charge in [-0.3, -0.25) is 15.0 Å². The molecule has 2 aromatic carbocycles. The number of aliphatic hydroxyl groups is 2. The number of benzene rings is 2. The molecule has 0 aliphatic carbocycles. The van der Waals surface area contributed by atoms with E-state index in [0.717, 1.165) is 10.9 Å². The maximum atomic E-state index is 9.57. The number of aromatic hydroxyl groups is 1. The first-order chi connectivity index (χ1) is 31.7. The Labute approximate surface area is 419 Å². The Balaban J connectivity index is 0.000000334. The number of aliphatic hydroxyl groups excluding tert-OH is 2. The molecule has 0 amide bonds. The fourth-order valence-electron chi connectivity index (χ4n) is 6.37. The third kappa shape index (κ3) is 15.2. The molecule has 2 saturated heterocycles. The zero-order valence-electron chi connectivity index (χ0n) is 41.1. The molecular formula is C49H69B2Cl2N3O13. The molecule has 0 saturated carbocycles. The molecule has 2 aliphatic heterocycles. The van der Waals surface area contributed by atoms with Crippen molar-refractivity contribution in [3.05, 3.63) is 108 Å². The van der Waals surface area contributed by atoms with E-state index in [9.17, 15) is 10.2 Å². The zero-order chi connectivity index (χ0) is 49.6. The third-order valence-corrected chi connectivity index (χ3v) is 11.9. The first-order valence-electron chi connectivity index (χ1n) is 21.4. The van der Waals surface area contributed by atoms with Crippen molar-refractivity contribution in [2.45, 2.75) is 111 Å². The van der Waals surface area contributed by atoms with E-state index in [2.05, 4.69) is 15.0 Å². The second-order valence-electron chi connectivity index (χ2n) is 17.0. The number of aromatic nitrogens is 3. The van der Waals surface area contributed by atoms with E-state index < -0.39 is 7.12 Å². The Morgan fingerprint density at radius 3 is 1.28 bits per heavy atom. The highest BCUT2D eigenvalue weighted by molar-refractivity contribution is 6.62. The van der Waals surface area contributed by atoms with Crippen LogP contribution in [-0.2, 0) is 44.3 Å². The number of phenolic OH excluding ortho intramolecular Hbond substituents is 1. The predicted molar refractivity (Wildman–Crippen MR) is 271 cm³/mol. The van der Waals surface area contributed by atoms with Crippen molar-refractivity contribution in [2.24, 2.45) is 0 Å². The van der Waals surface area contributed by atoms with Crippen LogP contribution in [0, 0.1) is 0 Å². The van der Waals surface area contributed by atoms with Crippen molar-refractivity contribution in [1.29, 1.82) is 0 Å². The van der Waals surface area contributed by atoms with E-state index in [1.165, 1.54) is 7.11 Å². The first-order valence-corrected chi connectivity index (χ1v) is 21.9. The molecule has 0 unspecified atom stereocenters. The number of halogens is 2. The number of methoxy groups -OCH3 is 5. The van der Waals surface area contributed by atoms with Crippen LogP contribution >= 0.6 is 24.0 Å². The van der Waals surface area contributed by atoms with Crippen LogP contribution in [0.3, 0.4) is 0 Å². The van der Waals surface area contributed by atoms with Gasteiger partial charge in [0.15, 0.2) is 23.0 Å². The molecule has 5 heterocycles. The number of hydrogen-bond donors (Lipinski definition) is 3. The summed E-state index contributed by atoms with van der Waals surface area (Å²) in [5, 5.41) is 27.7. The second-order valence-corrected chi connectivity index (χ2v) is 17.3. The third-order valence-electron chi connectivity index (χ3n) is 11.7. The van der Waals surface area contributed by atoms with Crippen LogP contribution in [0.5, 0.6) is 40.2 Å². The largest absolute Gasteiger partial charge is 0.508 e.